The highest BCUT2D eigenvalue weighted by Gasteiger charge is 2.21. The summed E-state index contributed by atoms with van der Waals surface area (Å²) in [6, 6.07) is 2.09. The first kappa shape index (κ1) is 12.4. The second kappa shape index (κ2) is 5.52. The summed E-state index contributed by atoms with van der Waals surface area (Å²) in [4.78, 5) is 11.8. The Labute approximate surface area is 104 Å². The van der Waals surface area contributed by atoms with Crippen LogP contribution in [0.25, 0.3) is 0 Å². The number of aromatic nitrogens is 1. The van der Waals surface area contributed by atoms with Gasteiger partial charge in [0.05, 0.1) is 0 Å². The van der Waals surface area contributed by atoms with Gasteiger partial charge in [-0.1, -0.05) is 26.2 Å². The van der Waals surface area contributed by atoms with Gasteiger partial charge in [0.2, 0.25) is 0 Å². The van der Waals surface area contributed by atoms with Gasteiger partial charge in [0.15, 0.2) is 5.78 Å². The average molecular weight is 233 g/mol. The van der Waals surface area contributed by atoms with E-state index in [1.165, 1.54) is 37.1 Å². The molecule has 1 aliphatic carbocycles. The molecule has 1 aromatic heterocycles. The summed E-state index contributed by atoms with van der Waals surface area (Å²) in [5, 5.41) is 0. The molecule has 1 aliphatic rings. The highest BCUT2D eigenvalue weighted by Crippen LogP contribution is 2.25. The zero-order chi connectivity index (χ0) is 12.3. The molecule has 0 spiro atoms. The van der Waals surface area contributed by atoms with E-state index >= 15 is 0 Å². The van der Waals surface area contributed by atoms with Crippen LogP contribution in [0.5, 0.6) is 0 Å². The lowest BCUT2D eigenvalue weighted by Crippen LogP contribution is -2.13. The molecule has 0 N–H and O–H groups in total. The second-order valence-electron chi connectivity index (χ2n) is 5.14. The number of carbonyl (C=O) groups excluding carboxylic acids is 1. The van der Waals surface area contributed by atoms with Gasteiger partial charge >= 0.3 is 0 Å². The third kappa shape index (κ3) is 2.62. The first-order valence-electron chi connectivity index (χ1n) is 6.96. The number of ketones is 1. The predicted octanol–water partition coefficient (Wildman–Crippen LogP) is 3.90. The van der Waals surface area contributed by atoms with Crippen LogP contribution in [0.3, 0.4) is 0 Å². The number of nitrogens with zero attached hydrogens (tertiary/aromatic N) is 1. The highest BCUT2D eigenvalue weighted by molar-refractivity contribution is 5.98. The minimum absolute atomic E-state index is 0.349. The lowest BCUT2D eigenvalue weighted by atomic mass is 9.96. The van der Waals surface area contributed by atoms with E-state index in [4.69, 9.17) is 0 Å². The number of aryl methyl sites for hydroxylation is 1. The Morgan fingerprint density at radius 1 is 1.24 bits per heavy atom. The van der Waals surface area contributed by atoms with Gasteiger partial charge in [-0.15, -0.1) is 0 Å². The minimum atomic E-state index is 0.349. The normalized spacial score (nSPS) is 15.1. The molecule has 0 saturated heterocycles. The van der Waals surface area contributed by atoms with Crippen molar-refractivity contribution in [2.45, 2.75) is 65.3 Å². The molecule has 94 valence electrons. The predicted molar refractivity (Wildman–Crippen MR) is 70.6 cm³/mol. The largest absolute Gasteiger partial charge is 0.348 e. The summed E-state index contributed by atoms with van der Waals surface area (Å²) in [5.41, 5.74) is 3.57. The van der Waals surface area contributed by atoms with E-state index in [0.717, 1.165) is 31.4 Å². The van der Waals surface area contributed by atoms with E-state index < -0.39 is 0 Å². The summed E-state index contributed by atoms with van der Waals surface area (Å²) in [7, 11) is 0. The molecule has 17 heavy (non-hydrogen) atoms. The lowest BCUT2D eigenvalue weighted by Gasteiger charge is -2.15. The topological polar surface area (TPSA) is 22.0 Å². The van der Waals surface area contributed by atoms with E-state index in [9.17, 15) is 4.79 Å². The van der Waals surface area contributed by atoms with Crippen LogP contribution in [0, 0.1) is 6.92 Å². The van der Waals surface area contributed by atoms with Gasteiger partial charge in [-0.05, 0) is 32.3 Å². The summed E-state index contributed by atoms with van der Waals surface area (Å²) in [6.07, 6.45) is 8.00. The van der Waals surface area contributed by atoms with Gasteiger partial charge in [0.1, 0.15) is 0 Å². The quantitative estimate of drug-likeness (QED) is 0.707. The molecule has 2 nitrogen and oxygen atoms in total. The van der Waals surface area contributed by atoms with E-state index in [-0.39, 0.29) is 0 Å². The van der Waals surface area contributed by atoms with Gasteiger partial charge in [0.25, 0.3) is 0 Å². The van der Waals surface area contributed by atoms with Crippen molar-refractivity contribution in [1.29, 1.82) is 0 Å². The fourth-order valence-electron chi connectivity index (χ4n) is 2.80. The molecule has 1 aromatic rings. The Kier molecular flexibility index (Phi) is 4.03. The van der Waals surface area contributed by atoms with Crippen molar-refractivity contribution in [3.63, 3.8) is 0 Å². The smallest absolute Gasteiger partial charge is 0.164 e. The van der Waals surface area contributed by atoms with Crippen LogP contribution in [0.2, 0.25) is 0 Å². The summed E-state index contributed by atoms with van der Waals surface area (Å²) < 4.78 is 2.38. The number of fused-ring (bicyclic) bond motifs is 1. The van der Waals surface area contributed by atoms with E-state index in [2.05, 4.69) is 24.5 Å². The SMILES string of the molecule is CCCCCCn1c(C)cc2c1CCCC2=O. The fraction of sp³-hybridized carbons (Fsp3) is 0.667. The van der Waals surface area contributed by atoms with Crippen LogP contribution in [0.4, 0.5) is 0 Å². The van der Waals surface area contributed by atoms with Gasteiger partial charge in [0, 0.05) is 29.9 Å². The molecular formula is C15H23NO. The van der Waals surface area contributed by atoms with Crippen molar-refractivity contribution in [2.24, 2.45) is 0 Å². The molecule has 0 unspecified atom stereocenters. The third-order valence-corrected chi connectivity index (χ3v) is 3.77. The monoisotopic (exact) mass is 233 g/mol. The van der Waals surface area contributed by atoms with Gasteiger partial charge in [-0.25, -0.2) is 0 Å². The number of rotatable bonds is 5. The van der Waals surface area contributed by atoms with Gasteiger partial charge in [-0.2, -0.15) is 0 Å². The first-order chi connectivity index (χ1) is 8.24. The third-order valence-electron chi connectivity index (χ3n) is 3.77. The van der Waals surface area contributed by atoms with E-state index in [1.807, 2.05) is 0 Å². The van der Waals surface area contributed by atoms with E-state index in [0.29, 0.717) is 5.78 Å². The van der Waals surface area contributed by atoms with Crippen LogP contribution in [0.1, 0.15) is 67.2 Å². The molecule has 0 saturated carbocycles. The summed E-state index contributed by atoms with van der Waals surface area (Å²) in [5.74, 6) is 0.349. The molecule has 2 rings (SSSR count). The van der Waals surface area contributed by atoms with Crippen molar-refractivity contribution in [3.05, 3.63) is 23.0 Å². The zero-order valence-corrected chi connectivity index (χ0v) is 11.1. The highest BCUT2D eigenvalue weighted by atomic mass is 16.1. The lowest BCUT2D eigenvalue weighted by molar-refractivity contribution is 0.0971. The summed E-state index contributed by atoms with van der Waals surface area (Å²) >= 11 is 0. The van der Waals surface area contributed by atoms with Gasteiger partial charge < -0.3 is 4.57 Å². The van der Waals surface area contributed by atoms with Crippen LogP contribution >= 0.6 is 0 Å². The van der Waals surface area contributed by atoms with Crippen LogP contribution in [-0.2, 0) is 13.0 Å². The fourth-order valence-corrected chi connectivity index (χ4v) is 2.80. The molecule has 2 heteroatoms. The first-order valence-corrected chi connectivity index (χ1v) is 6.96. The number of carbonyl (C=O) groups is 1. The number of hydrogen-bond donors (Lipinski definition) is 0. The maximum absolute atomic E-state index is 11.8. The van der Waals surface area contributed by atoms with Crippen molar-refractivity contribution in [2.75, 3.05) is 0 Å². The van der Waals surface area contributed by atoms with Crippen LogP contribution in [-0.4, -0.2) is 10.4 Å². The molecule has 0 amide bonds. The number of Topliss-reactive ketones (excluding diaryl/α,β-unsaturated/α-hetero) is 1. The van der Waals surface area contributed by atoms with Crippen molar-refractivity contribution in [3.8, 4) is 0 Å². The molecule has 0 bridgehead atoms. The molecule has 0 radical (unpaired) electrons. The molecule has 0 aromatic carbocycles. The Hall–Kier alpha value is -1.05. The average Bonchev–Trinajstić information content (AvgIpc) is 2.63. The van der Waals surface area contributed by atoms with Crippen LogP contribution in [0.15, 0.2) is 6.07 Å². The Morgan fingerprint density at radius 3 is 2.82 bits per heavy atom. The standard InChI is InChI=1S/C15H23NO/c1-3-4-5-6-10-16-12(2)11-13-14(16)8-7-9-15(13)17/h11H,3-10H2,1-2H3. The molecule has 1 heterocycles. The molecular weight excluding hydrogens is 210 g/mol. The Bertz CT molecular complexity index is 403. The van der Waals surface area contributed by atoms with E-state index in [1.54, 1.807) is 0 Å². The number of hydrogen-bond acceptors (Lipinski definition) is 1. The molecule has 0 atom stereocenters. The summed E-state index contributed by atoms with van der Waals surface area (Å²) in [6.45, 7) is 5.46. The molecule has 0 aliphatic heterocycles. The Morgan fingerprint density at radius 2 is 2.06 bits per heavy atom. The number of unbranched alkanes of at least 4 members (excludes halogenated alkanes) is 3. The van der Waals surface area contributed by atoms with Crippen molar-refractivity contribution >= 4 is 5.78 Å². The van der Waals surface area contributed by atoms with Crippen molar-refractivity contribution in [1.82, 2.24) is 4.57 Å². The second-order valence-corrected chi connectivity index (χ2v) is 5.14. The van der Waals surface area contributed by atoms with Gasteiger partial charge in [-0.3, -0.25) is 4.79 Å². The maximum atomic E-state index is 11.8. The zero-order valence-electron chi connectivity index (χ0n) is 11.1. The molecule has 0 fully saturated rings. The van der Waals surface area contributed by atoms with Crippen molar-refractivity contribution < 1.29 is 4.79 Å². The maximum Gasteiger partial charge on any atom is 0.164 e. The minimum Gasteiger partial charge on any atom is -0.348 e. The van der Waals surface area contributed by atoms with Crippen LogP contribution < -0.4 is 0 Å². The Balaban J connectivity index is 2.09.